The Kier molecular flexibility index (Phi) is 5.76. The highest BCUT2D eigenvalue weighted by atomic mass is 127. The van der Waals surface area contributed by atoms with Gasteiger partial charge in [-0.15, -0.1) is 0 Å². The first-order chi connectivity index (χ1) is 10.9. The number of carbonyl (C=O) groups is 2. The van der Waals surface area contributed by atoms with Crippen LogP contribution in [0.25, 0.3) is 0 Å². The Bertz CT molecular complexity index is 681. The fraction of sp³-hybridized carbons (Fsp3) is 0.222. The Morgan fingerprint density at radius 2 is 1.65 bits per heavy atom. The van der Waals surface area contributed by atoms with E-state index in [4.69, 9.17) is 4.74 Å². The van der Waals surface area contributed by atoms with Crippen molar-refractivity contribution in [1.82, 2.24) is 0 Å². The maximum atomic E-state index is 12.3. The summed E-state index contributed by atoms with van der Waals surface area (Å²) in [7, 11) is 0. The molecule has 0 heterocycles. The summed E-state index contributed by atoms with van der Waals surface area (Å²) < 4.78 is 6.25. The van der Waals surface area contributed by atoms with Gasteiger partial charge in [-0.25, -0.2) is 0 Å². The van der Waals surface area contributed by atoms with Crippen LogP contribution in [0.1, 0.15) is 19.4 Å². The molecule has 0 aromatic heterocycles. The molecule has 0 spiro atoms. The number of hydrogen-bond donors (Lipinski definition) is 1. The minimum atomic E-state index is -0.801. The van der Waals surface area contributed by atoms with E-state index in [0.717, 1.165) is 9.13 Å². The Balaban J connectivity index is 1.91. The average molecular weight is 423 g/mol. The largest absolute Gasteiger partial charge is 0.455 e. The molecule has 0 bridgehead atoms. The van der Waals surface area contributed by atoms with E-state index in [1.54, 1.807) is 26.0 Å². The number of carbonyl (C=O) groups excluding carboxylic acids is 2. The molecule has 0 saturated carbocycles. The third-order valence-corrected chi connectivity index (χ3v) is 4.19. The summed E-state index contributed by atoms with van der Waals surface area (Å²) in [6.07, 6.45) is 0. The number of benzene rings is 2. The number of anilines is 1. The van der Waals surface area contributed by atoms with Gasteiger partial charge in [0.05, 0.1) is 5.41 Å². The topological polar surface area (TPSA) is 55.4 Å². The van der Waals surface area contributed by atoms with Gasteiger partial charge in [0, 0.05) is 9.26 Å². The van der Waals surface area contributed by atoms with Crippen LogP contribution in [0.3, 0.4) is 0 Å². The van der Waals surface area contributed by atoms with Crippen molar-refractivity contribution in [2.24, 2.45) is 0 Å². The van der Waals surface area contributed by atoms with Gasteiger partial charge in [0.1, 0.15) is 0 Å². The first-order valence-electron chi connectivity index (χ1n) is 7.18. The molecule has 1 N–H and O–H groups in total. The molecule has 0 saturated heterocycles. The lowest BCUT2D eigenvalue weighted by molar-refractivity contribution is -0.152. The van der Waals surface area contributed by atoms with Crippen molar-refractivity contribution in [1.29, 1.82) is 0 Å². The number of esters is 1. The second-order valence-electron chi connectivity index (χ2n) is 5.62. The van der Waals surface area contributed by atoms with Gasteiger partial charge >= 0.3 is 5.97 Å². The second kappa shape index (κ2) is 7.59. The number of halogens is 1. The van der Waals surface area contributed by atoms with E-state index in [0.29, 0.717) is 5.69 Å². The standard InChI is InChI=1S/C18H18INO3/c1-18(2,13-6-4-3-5-7-13)17(22)23-12-16(21)20-15-10-8-14(19)9-11-15/h3-11H,12H2,1-2H3,(H,20,21). The quantitative estimate of drug-likeness (QED) is 0.589. The molecule has 0 fully saturated rings. The van der Waals surface area contributed by atoms with Crippen LogP contribution in [0.2, 0.25) is 0 Å². The van der Waals surface area contributed by atoms with Gasteiger partial charge < -0.3 is 10.1 Å². The third-order valence-electron chi connectivity index (χ3n) is 3.47. The molecule has 0 aliphatic heterocycles. The molecule has 0 unspecified atom stereocenters. The van der Waals surface area contributed by atoms with Gasteiger partial charge in [-0.1, -0.05) is 30.3 Å². The molecular formula is C18H18INO3. The molecule has 5 heteroatoms. The highest BCUT2D eigenvalue weighted by molar-refractivity contribution is 14.1. The molecule has 2 aromatic rings. The summed E-state index contributed by atoms with van der Waals surface area (Å²) in [6.45, 7) is 3.25. The lowest BCUT2D eigenvalue weighted by Crippen LogP contribution is -2.33. The highest BCUT2D eigenvalue weighted by Crippen LogP contribution is 2.24. The van der Waals surface area contributed by atoms with Gasteiger partial charge in [-0.2, -0.15) is 0 Å². The van der Waals surface area contributed by atoms with Crippen molar-refractivity contribution < 1.29 is 14.3 Å². The summed E-state index contributed by atoms with van der Waals surface area (Å²) >= 11 is 2.19. The zero-order valence-electron chi connectivity index (χ0n) is 13.0. The summed E-state index contributed by atoms with van der Waals surface area (Å²) in [5.41, 5.74) is 0.724. The van der Waals surface area contributed by atoms with E-state index in [-0.39, 0.29) is 12.5 Å². The Morgan fingerprint density at radius 3 is 2.26 bits per heavy atom. The summed E-state index contributed by atoms with van der Waals surface area (Å²) in [4.78, 5) is 24.1. The summed E-state index contributed by atoms with van der Waals surface area (Å²) in [5.74, 6) is -0.787. The number of hydrogen-bond acceptors (Lipinski definition) is 3. The van der Waals surface area contributed by atoms with Gasteiger partial charge in [0.2, 0.25) is 0 Å². The van der Waals surface area contributed by atoms with Crippen molar-refractivity contribution in [3.63, 3.8) is 0 Å². The number of rotatable bonds is 5. The fourth-order valence-electron chi connectivity index (χ4n) is 2.01. The molecule has 1 amide bonds. The highest BCUT2D eigenvalue weighted by Gasteiger charge is 2.31. The van der Waals surface area contributed by atoms with Crippen molar-refractivity contribution in [3.05, 3.63) is 63.7 Å². The fourth-order valence-corrected chi connectivity index (χ4v) is 2.37. The molecular weight excluding hydrogens is 405 g/mol. The summed E-state index contributed by atoms with van der Waals surface area (Å²) in [6, 6.07) is 16.7. The smallest absolute Gasteiger partial charge is 0.316 e. The molecule has 23 heavy (non-hydrogen) atoms. The van der Waals surface area contributed by atoms with Gasteiger partial charge in [0.15, 0.2) is 6.61 Å². The molecule has 0 aliphatic carbocycles. The van der Waals surface area contributed by atoms with Crippen LogP contribution in [-0.4, -0.2) is 18.5 Å². The lowest BCUT2D eigenvalue weighted by Gasteiger charge is -2.22. The number of nitrogens with one attached hydrogen (secondary N) is 1. The first kappa shape index (κ1) is 17.5. The maximum Gasteiger partial charge on any atom is 0.316 e. The zero-order chi connectivity index (χ0) is 16.9. The van der Waals surface area contributed by atoms with Crippen molar-refractivity contribution in [2.45, 2.75) is 19.3 Å². The van der Waals surface area contributed by atoms with Crippen molar-refractivity contribution >= 4 is 40.2 Å². The predicted molar refractivity (Wildman–Crippen MR) is 98.2 cm³/mol. The first-order valence-corrected chi connectivity index (χ1v) is 8.25. The van der Waals surface area contributed by atoms with E-state index in [1.165, 1.54) is 0 Å². The normalized spacial score (nSPS) is 10.9. The van der Waals surface area contributed by atoms with Gasteiger partial charge in [-0.3, -0.25) is 9.59 Å². The van der Waals surface area contributed by atoms with Crippen LogP contribution < -0.4 is 5.32 Å². The van der Waals surface area contributed by atoms with Crippen LogP contribution >= 0.6 is 22.6 Å². The summed E-state index contributed by atoms with van der Waals surface area (Å²) in [5, 5.41) is 2.70. The van der Waals surface area contributed by atoms with Crippen LogP contribution in [-0.2, 0) is 19.7 Å². The lowest BCUT2D eigenvalue weighted by atomic mass is 9.85. The third kappa shape index (κ3) is 4.79. The van der Waals surface area contributed by atoms with Crippen LogP contribution in [0.4, 0.5) is 5.69 Å². The molecule has 2 rings (SSSR count). The Labute approximate surface area is 149 Å². The molecule has 4 nitrogen and oxygen atoms in total. The predicted octanol–water partition coefficient (Wildman–Crippen LogP) is 3.75. The van der Waals surface area contributed by atoms with E-state index < -0.39 is 11.4 Å². The molecule has 2 aromatic carbocycles. The average Bonchev–Trinajstić information content (AvgIpc) is 2.55. The van der Waals surface area contributed by atoms with Crippen molar-refractivity contribution in [3.8, 4) is 0 Å². The van der Waals surface area contributed by atoms with Crippen molar-refractivity contribution in [2.75, 3.05) is 11.9 Å². The maximum absolute atomic E-state index is 12.3. The Morgan fingerprint density at radius 1 is 1.04 bits per heavy atom. The van der Waals surface area contributed by atoms with Crippen LogP contribution in [0.15, 0.2) is 54.6 Å². The van der Waals surface area contributed by atoms with E-state index >= 15 is 0 Å². The molecule has 0 radical (unpaired) electrons. The molecule has 0 aliphatic rings. The minimum Gasteiger partial charge on any atom is -0.455 e. The van der Waals surface area contributed by atoms with Crippen LogP contribution in [0.5, 0.6) is 0 Å². The van der Waals surface area contributed by atoms with E-state index in [2.05, 4.69) is 27.9 Å². The van der Waals surface area contributed by atoms with E-state index in [1.807, 2.05) is 42.5 Å². The SMILES string of the molecule is CC(C)(C(=O)OCC(=O)Nc1ccc(I)cc1)c1ccccc1. The molecule has 120 valence electrons. The monoisotopic (exact) mass is 423 g/mol. The van der Waals surface area contributed by atoms with E-state index in [9.17, 15) is 9.59 Å². The van der Waals surface area contributed by atoms with Gasteiger partial charge in [-0.05, 0) is 66.3 Å². The number of amides is 1. The Hall–Kier alpha value is -1.89. The second-order valence-corrected chi connectivity index (χ2v) is 6.87. The zero-order valence-corrected chi connectivity index (χ0v) is 15.2. The minimum absolute atomic E-state index is 0.304. The van der Waals surface area contributed by atoms with Gasteiger partial charge in [0.25, 0.3) is 5.91 Å². The van der Waals surface area contributed by atoms with Crippen LogP contribution in [0, 0.1) is 3.57 Å². The number of ether oxygens (including phenoxy) is 1. The molecule has 0 atom stereocenters.